The quantitative estimate of drug-likeness (QED) is 0.433. The lowest BCUT2D eigenvalue weighted by molar-refractivity contribution is -0.139. The first-order valence-corrected chi connectivity index (χ1v) is 10.4. The number of allylic oxidation sites excluding steroid dienone is 1. The van der Waals surface area contributed by atoms with Gasteiger partial charge < -0.3 is 4.74 Å². The smallest absolute Gasteiger partial charge is 0.335 e. The molecule has 1 aliphatic rings. The third-order valence-corrected chi connectivity index (χ3v) is 5.72. The Kier molecular flexibility index (Phi) is 7.85. The van der Waals surface area contributed by atoms with Crippen LogP contribution in [0.3, 0.4) is 0 Å². The van der Waals surface area contributed by atoms with Crippen LogP contribution in [0, 0.1) is 12.8 Å². The Balaban J connectivity index is 2.49. The molecular formula is C20H29NO4S. The van der Waals surface area contributed by atoms with E-state index in [1.165, 1.54) is 10.7 Å². The van der Waals surface area contributed by atoms with E-state index in [1.807, 2.05) is 31.2 Å². The predicted octanol–water partition coefficient (Wildman–Crippen LogP) is 4.40. The van der Waals surface area contributed by atoms with Gasteiger partial charge in [-0.2, -0.15) is 0 Å². The van der Waals surface area contributed by atoms with Crippen molar-refractivity contribution in [1.29, 1.82) is 0 Å². The number of ether oxygens (including phenoxy) is 1. The van der Waals surface area contributed by atoms with Gasteiger partial charge >= 0.3 is 5.97 Å². The fraction of sp³-hybridized carbons (Fsp3) is 0.550. The van der Waals surface area contributed by atoms with Gasteiger partial charge in [-0.25, -0.2) is 9.00 Å². The minimum absolute atomic E-state index is 0.136. The van der Waals surface area contributed by atoms with Gasteiger partial charge in [0.25, 0.3) is 11.3 Å². The number of carbonyl (C=O) groups excluding carboxylic acids is 1. The summed E-state index contributed by atoms with van der Waals surface area (Å²) in [4.78, 5) is 12.6. The Hall–Kier alpha value is -1.66. The Bertz CT molecular complexity index is 650. The highest BCUT2D eigenvalue weighted by molar-refractivity contribution is 7.80. The van der Waals surface area contributed by atoms with E-state index in [-0.39, 0.29) is 12.5 Å². The lowest BCUT2D eigenvalue weighted by Gasteiger charge is -2.38. The van der Waals surface area contributed by atoms with E-state index in [0.29, 0.717) is 11.3 Å². The molecule has 0 spiro atoms. The summed E-state index contributed by atoms with van der Waals surface area (Å²) in [6, 6.07) is 7.00. The average molecular weight is 380 g/mol. The molecule has 0 radical (unpaired) electrons. The summed E-state index contributed by atoms with van der Waals surface area (Å²) in [5, 5.41) is 0. The van der Waals surface area contributed by atoms with Gasteiger partial charge in [0.15, 0.2) is 0 Å². The molecule has 1 N–H and O–H groups in total. The van der Waals surface area contributed by atoms with Crippen LogP contribution in [-0.4, -0.2) is 27.4 Å². The number of carbonyl (C=O) groups is 1. The van der Waals surface area contributed by atoms with Crippen LogP contribution >= 0.6 is 0 Å². The standard InChI is InChI=1S/C20H29NO4S/c1-4-18(20(22)25-5-2)19(16-9-7-6-8-10-16)21(26(23)24)17-13-11-15(3)12-14-17/h4,11-14,16,19H,5-10H2,1-3H3,(H,23,24). The minimum Gasteiger partial charge on any atom is -0.463 e. The number of anilines is 1. The summed E-state index contributed by atoms with van der Waals surface area (Å²) in [5.41, 5.74) is 2.17. The molecule has 144 valence electrons. The first kappa shape index (κ1) is 20.6. The van der Waals surface area contributed by atoms with Gasteiger partial charge in [0.1, 0.15) is 0 Å². The van der Waals surface area contributed by atoms with Gasteiger partial charge in [0, 0.05) is 0 Å². The average Bonchev–Trinajstić information content (AvgIpc) is 2.63. The van der Waals surface area contributed by atoms with Crippen LogP contribution in [0.4, 0.5) is 5.69 Å². The first-order chi connectivity index (χ1) is 12.5. The van der Waals surface area contributed by atoms with E-state index in [9.17, 15) is 13.6 Å². The van der Waals surface area contributed by atoms with Gasteiger partial charge in [-0.1, -0.05) is 43.0 Å². The number of hydrogen-bond acceptors (Lipinski definition) is 3. The van der Waals surface area contributed by atoms with E-state index in [4.69, 9.17) is 4.74 Å². The topological polar surface area (TPSA) is 66.8 Å². The molecule has 0 amide bonds. The lowest BCUT2D eigenvalue weighted by Crippen LogP contribution is -2.46. The molecule has 6 heteroatoms. The normalized spacial score (nSPS) is 18.2. The molecule has 1 saturated carbocycles. The van der Waals surface area contributed by atoms with Crippen LogP contribution in [0.2, 0.25) is 0 Å². The highest BCUT2D eigenvalue weighted by atomic mass is 32.2. The molecule has 0 aliphatic heterocycles. The van der Waals surface area contributed by atoms with E-state index >= 15 is 0 Å². The zero-order chi connectivity index (χ0) is 19.1. The summed E-state index contributed by atoms with van der Waals surface area (Å²) in [6.07, 6.45) is 6.90. The molecule has 0 aromatic heterocycles. The Morgan fingerprint density at radius 1 is 1.31 bits per heavy atom. The molecule has 1 aromatic carbocycles. The van der Waals surface area contributed by atoms with Crippen molar-refractivity contribution in [1.82, 2.24) is 0 Å². The maximum absolute atomic E-state index is 12.6. The second kappa shape index (κ2) is 9.88. The van der Waals surface area contributed by atoms with Crippen molar-refractivity contribution in [2.45, 2.75) is 58.9 Å². The van der Waals surface area contributed by atoms with Crippen molar-refractivity contribution >= 4 is 22.9 Å². The molecular weight excluding hydrogens is 350 g/mol. The molecule has 2 atom stereocenters. The van der Waals surface area contributed by atoms with Gasteiger partial charge in [-0.3, -0.25) is 8.86 Å². The zero-order valence-electron chi connectivity index (χ0n) is 15.8. The number of benzene rings is 1. The van der Waals surface area contributed by atoms with Crippen molar-refractivity contribution in [3.63, 3.8) is 0 Å². The Morgan fingerprint density at radius 3 is 2.42 bits per heavy atom. The van der Waals surface area contributed by atoms with E-state index in [2.05, 4.69) is 0 Å². The monoisotopic (exact) mass is 379 g/mol. The fourth-order valence-electron chi connectivity index (χ4n) is 3.69. The zero-order valence-corrected chi connectivity index (χ0v) is 16.6. The summed E-state index contributed by atoms with van der Waals surface area (Å²) in [6.45, 7) is 5.80. The number of hydrogen-bond donors (Lipinski definition) is 1. The Morgan fingerprint density at radius 2 is 1.92 bits per heavy atom. The van der Waals surface area contributed by atoms with Crippen LogP contribution < -0.4 is 4.31 Å². The van der Waals surface area contributed by atoms with E-state index in [1.54, 1.807) is 19.9 Å². The van der Waals surface area contributed by atoms with Crippen LogP contribution in [0.25, 0.3) is 0 Å². The highest BCUT2D eigenvalue weighted by Crippen LogP contribution is 2.36. The lowest BCUT2D eigenvalue weighted by atomic mass is 9.80. The minimum atomic E-state index is -2.25. The predicted molar refractivity (Wildman–Crippen MR) is 105 cm³/mol. The van der Waals surface area contributed by atoms with Crippen LogP contribution in [-0.2, 0) is 20.8 Å². The maximum Gasteiger partial charge on any atom is 0.335 e. The number of nitrogens with zero attached hydrogens (tertiary/aromatic N) is 1. The molecule has 2 rings (SSSR count). The molecule has 0 heterocycles. The number of aryl methyl sites for hydroxylation is 1. The first-order valence-electron chi connectivity index (χ1n) is 9.29. The molecule has 5 nitrogen and oxygen atoms in total. The third-order valence-electron chi connectivity index (χ3n) is 4.95. The second-order valence-corrected chi connectivity index (χ2v) is 7.55. The molecule has 0 saturated heterocycles. The third kappa shape index (κ3) is 4.95. The van der Waals surface area contributed by atoms with Crippen molar-refractivity contribution in [3.8, 4) is 0 Å². The van der Waals surface area contributed by atoms with Crippen molar-refractivity contribution in [3.05, 3.63) is 41.5 Å². The summed E-state index contributed by atoms with van der Waals surface area (Å²) in [7, 11) is 0. The summed E-state index contributed by atoms with van der Waals surface area (Å²) >= 11 is -2.25. The maximum atomic E-state index is 12.6. The largest absolute Gasteiger partial charge is 0.463 e. The van der Waals surface area contributed by atoms with Crippen LogP contribution in [0.5, 0.6) is 0 Å². The Labute approximate surface area is 158 Å². The van der Waals surface area contributed by atoms with Crippen molar-refractivity contribution < 1.29 is 18.3 Å². The summed E-state index contributed by atoms with van der Waals surface area (Å²) in [5.74, 6) is -0.273. The highest BCUT2D eigenvalue weighted by Gasteiger charge is 2.37. The van der Waals surface area contributed by atoms with Gasteiger partial charge in [-0.15, -0.1) is 0 Å². The van der Waals surface area contributed by atoms with Crippen LogP contribution in [0.1, 0.15) is 51.5 Å². The van der Waals surface area contributed by atoms with Crippen LogP contribution in [0.15, 0.2) is 35.9 Å². The van der Waals surface area contributed by atoms with Crippen molar-refractivity contribution in [2.24, 2.45) is 5.92 Å². The molecule has 2 unspecified atom stereocenters. The molecule has 0 bridgehead atoms. The molecule has 1 aromatic rings. The number of rotatable bonds is 7. The van der Waals surface area contributed by atoms with E-state index in [0.717, 1.165) is 31.2 Å². The van der Waals surface area contributed by atoms with E-state index < -0.39 is 23.3 Å². The molecule has 1 aliphatic carbocycles. The van der Waals surface area contributed by atoms with Gasteiger partial charge in [0.05, 0.1) is 23.9 Å². The second-order valence-electron chi connectivity index (χ2n) is 6.70. The SMILES string of the molecule is CC=C(C(=O)OCC)C(C1CCCCC1)N(c1ccc(C)cc1)S(=O)O. The summed E-state index contributed by atoms with van der Waals surface area (Å²) < 4.78 is 29.1. The van der Waals surface area contributed by atoms with Crippen molar-refractivity contribution in [2.75, 3.05) is 10.9 Å². The van der Waals surface area contributed by atoms with Gasteiger partial charge in [-0.05, 0) is 51.7 Å². The molecule has 26 heavy (non-hydrogen) atoms. The number of esters is 1. The molecule has 1 fully saturated rings. The van der Waals surface area contributed by atoms with Gasteiger partial charge in [0.2, 0.25) is 0 Å². The fourth-order valence-corrected chi connectivity index (χ4v) is 4.47.